The lowest BCUT2D eigenvalue weighted by atomic mass is 9.83. The van der Waals surface area contributed by atoms with Gasteiger partial charge < -0.3 is 5.32 Å². The maximum Gasteiger partial charge on any atom is 0.238 e. The van der Waals surface area contributed by atoms with E-state index in [1.165, 1.54) is 21.7 Å². The molecule has 2 atom stereocenters. The highest BCUT2D eigenvalue weighted by atomic mass is 32.2. The molecule has 6 heteroatoms. The van der Waals surface area contributed by atoms with Crippen LogP contribution in [-0.2, 0) is 21.2 Å². The quantitative estimate of drug-likeness (QED) is 0.904. The van der Waals surface area contributed by atoms with Crippen LogP contribution in [0.1, 0.15) is 49.1 Å². The summed E-state index contributed by atoms with van der Waals surface area (Å²) in [6, 6.07) is 7.87. The first-order valence-electron chi connectivity index (χ1n) is 8.79. The number of hydrogen-bond acceptors (Lipinski definition) is 3. The molecular formula is C18H26N2O3S. The zero-order chi connectivity index (χ0) is 17.2. The van der Waals surface area contributed by atoms with E-state index >= 15 is 0 Å². The van der Waals surface area contributed by atoms with Gasteiger partial charge in [-0.2, -0.15) is 4.31 Å². The largest absolute Gasteiger partial charge is 0.354 e. The van der Waals surface area contributed by atoms with E-state index in [1.807, 2.05) is 6.07 Å². The number of amides is 1. The van der Waals surface area contributed by atoms with Crippen molar-refractivity contribution in [3.05, 3.63) is 35.4 Å². The first-order valence-corrected chi connectivity index (χ1v) is 10.6. The summed E-state index contributed by atoms with van der Waals surface area (Å²) >= 11 is 0. The van der Waals surface area contributed by atoms with Crippen LogP contribution in [0.4, 0.5) is 0 Å². The Bertz CT molecular complexity index is 702. The summed E-state index contributed by atoms with van der Waals surface area (Å²) in [6.45, 7) is 1.03. The average Bonchev–Trinajstić information content (AvgIpc) is 2.59. The molecule has 1 aliphatic carbocycles. The lowest BCUT2D eigenvalue weighted by Gasteiger charge is -2.33. The number of carbonyl (C=O) groups excluding carboxylic acids is 1. The average molecular weight is 350 g/mol. The second-order valence-corrected chi connectivity index (χ2v) is 8.85. The molecule has 1 heterocycles. The standard InChI is InChI=1S/C18H26N2O3S/c1-24(22,23)20-12-5-4-11-17(20)18(21)19-13-15-9-6-8-14-7-2-3-10-16(14)15/h2-3,7,10,15,17H,4-6,8-9,11-13H2,1H3,(H,19,21). The molecule has 1 fully saturated rings. The molecule has 2 aliphatic rings. The van der Waals surface area contributed by atoms with E-state index in [1.54, 1.807) is 0 Å². The smallest absolute Gasteiger partial charge is 0.238 e. The molecule has 132 valence electrons. The lowest BCUT2D eigenvalue weighted by molar-refractivity contribution is -0.125. The summed E-state index contributed by atoms with van der Waals surface area (Å²) in [4.78, 5) is 12.6. The van der Waals surface area contributed by atoms with Crippen molar-refractivity contribution < 1.29 is 13.2 Å². The first kappa shape index (κ1) is 17.4. The minimum atomic E-state index is -3.34. The van der Waals surface area contributed by atoms with Crippen molar-refractivity contribution in [3.8, 4) is 0 Å². The summed E-state index contributed by atoms with van der Waals surface area (Å²) in [5.41, 5.74) is 2.70. The van der Waals surface area contributed by atoms with Crippen LogP contribution in [0.25, 0.3) is 0 Å². The Balaban J connectivity index is 1.65. The number of nitrogens with one attached hydrogen (secondary N) is 1. The maximum atomic E-state index is 12.6. The fourth-order valence-corrected chi connectivity index (χ4v) is 5.10. The van der Waals surface area contributed by atoms with Crippen LogP contribution in [0.15, 0.2) is 24.3 Å². The number of fused-ring (bicyclic) bond motifs is 1. The van der Waals surface area contributed by atoms with Crippen molar-refractivity contribution in [2.75, 3.05) is 19.3 Å². The number of rotatable bonds is 4. The fraction of sp³-hybridized carbons (Fsp3) is 0.611. The van der Waals surface area contributed by atoms with Crippen LogP contribution >= 0.6 is 0 Å². The second-order valence-electron chi connectivity index (χ2n) is 6.92. The van der Waals surface area contributed by atoms with Crippen molar-refractivity contribution in [2.45, 2.75) is 50.5 Å². The van der Waals surface area contributed by atoms with E-state index in [2.05, 4.69) is 23.5 Å². The molecule has 24 heavy (non-hydrogen) atoms. The van der Waals surface area contributed by atoms with Gasteiger partial charge in [0.25, 0.3) is 0 Å². The highest BCUT2D eigenvalue weighted by molar-refractivity contribution is 7.88. The highest BCUT2D eigenvalue weighted by Crippen LogP contribution is 2.31. The van der Waals surface area contributed by atoms with Gasteiger partial charge in [0.1, 0.15) is 6.04 Å². The zero-order valence-corrected chi connectivity index (χ0v) is 15.0. The lowest BCUT2D eigenvalue weighted by Crippen LogP contribution is -2.52. The molecule has 1 amide bonds. The van der Waals surface area contributed by atoms with Gasteiger partial charge in [0.15, 0.2) is 0 Å². The molecule has 1 aliphatic heterocycles. The van der Waals surface area contributed by atoms with Gasteiger partial charge in [0.05, 0.1) is 6.26 Å². The predicted octanol–water partition coefficient (Wildman–Crippen LogP) is 2.04. The zero-order valence-electron chi connectivity index (χ0n) is 14.2. The number of sulfonamides is 1. The van der Waals surface area contributed by atoms with Crippen LogP contribution in [0.5, 0.6) is 0 Å². The Kier molecular flexibility index (Phi) is 5.25. The Morgan fingerprint density at radius 1 is 1.21 bits per heavy atom. The van der Waals surface area contributed by atoms with Gasteiger partial charge in [-0.25, -0.2) is 8.42 Å². The van der Waals surface area contributed by atoms with Gasteiger partial charge in [0.2, 0.25) is 15.9 Å². The van der Waals surface area contributed by atoms with Crippen LogP contribution < -0.4 is 5.32 Å². The Morgan fingerprint density at radius 3 is 2.79 bits per heavy atom. The molecule has 0 aromatic heterocycles. The minimum absolute atomic E-state index is 0.150. The van der Waals surface area contributed by atoms with E-state index in [0.717, 1.165) is 32.1 Å². The summed E-state index contributed by atoms with van der Waals surface area (Å²) in [5.74, 6) is 0.178. The van der Waals surface area contributed by atoms with Gasteiger partial charge in [-0.15, -0.1) is 0 Å². The molecule has 5 nitrogen and oxygen atoms in total. The van der Waals surface area contributed by atoms with Crippen LogP contribution in [0, 0.1) is 0 Å². The summed E-state index contributed by atoms with van der Waals surface area (Å²) in [6.07, 6.45) is 6.83. The summed E-state index contributed by atoms with van der Waals surface area (Å²) in [7, 11) is -3.34. The Hall–Kier alpha value is -1.40. The maximum absolute atomic E-state index is 12.6. The molecule has 1 aromatic carbocycles. The molecule has 0 radical (unpaired) electrons. The predicted molar refractivity (Wildman–Crippen MR) is 94.3 cm³/mol. The third kappa shape index (κ3) is 3.81. The number of aryl methyl sites for hydroxylation is 1. The molecule has 0 saturated carbocycles. The van der Waals surface area contributed by atoms with Crippen molar-refractivity contribution in [2.24, 2.45) is 0 Å². The van der Waals surface area contributed by atoms with Crippen molar-refractivity contribution >= 4 is 15.9 Å². The second kappa shape index (κ2) is 7.23. The fourth-order valence-electron chi connectivity index (χ4n) is 3.97. The minimum Gasteiger partial charge on any atom is -0.354 e. The van der Waals surface area contributed by atoms with E-state index in [0.29, 0.717) is 25.4 Å². The normalized spacial score (nSPS) is 25.0. The van der Waals surface area contributed by atoms with Gasteiger partial charge >= 0.3 is 0 Å². The molecule has 0 bridgehead atoms. The van der Waals surface area contributed by atoms with E-state index in [9.17, 15) is 13.2 Å². The third-order valence-electron chi connectivity index (χ3n) is 5.20. The Labute approximate surface area is 144 Å². The van der Waals surface area contributed by atoms with E-state index < -0.39 is 16.1 Å². The number of hydrogen-bond donors (Lipinski definition) is 1. The molecule has 1 aromatic rings. The number of benzene rings is 1. The molecule has 1 N–H and O–H groups in total. The van der Waals surface area contributed by atoms with Crippen molar-refractivity contribution in [3.63, 3.8) is 0 Å². The van der Waals surface area contributed by atoms with Gasteiger partial charge in [-0.1, -0.05) is 30.7 Å². The van der Waals surface area contributed by atoms with Crippen molar-refractivity contribution in [1.82, 2.24) is 9.62 Å². The molecular weight excluding hydrogens is 324 g/mol. The van der Waals surface area contributed by atoms with Gasteiger partial charge in [0, 0.05) is 19.0 Å². The first-order chi connectivity index (χ1) is 11.5. The monoisotopic (exact) mass is 350 g/mol. The highest BCUT2D eigenvalue weighted by Gasteiger charge is 2.34. The Morgan fingerprint density at radius 2 is 2.00 bits per heavy atom. The van der Waals surface area contributed by atoms with Crippen molar-refractivity contribution in [1.29, 1.82) is 0 Å². The number of carbonyl (C=O) groups is 1. The van der Waals surface area contributed by atoms with Crippen LogP contribution in [0.3, 0.4) is 0 Å². The third-order valence-corrected chi connectivity index (χ3v) is 6.49. The van der Waals surface area contributed by atoms with E-state index in [4.69, 9.17) is 0 Å². The topological polar surface area (TPSA) is 66.5 Å². The van der Waals surface area contributed by atoms with Gasteiger partial charge in [-0.05, 0) is 43.2 Å². The van der Waals surface area contributed by atoms with Gasteiger partial charge in [-0.3, -0.25) is 4.79 Å². The molecule has 2 unspecified atom stereocenters. The van der Waals surface area contributed by atoms with E-state index in [-0.39, 0.29) is 5.91 Å². The SMILES string of the molecule is CS(=O)(=O)N1CCCCC1C(=O)NCC1CCCc2ccccc21. The molecule has 3 rings (SSSR count). The van der Waals surface area contributed by atoms with Crippen LogP contribution in [0.2, 0.25) is 0 Å². The molecule has 1 saturated heterocycles. The number of piperidine rings is 1. The summed E-state index contributed by atoms with van der Waals surface area (Å²) in [5, 5.41) is 3.02. The summed E-state index contributed by atoms with van der Waals surface area (Å²) < 4.78 is 25.2. The number of nitrogens with zero attached hydrogens (tertiary/aromatic N) is 1. The van der Waals surface area contributed by atoms with Crippen LogP contribution in [-0.4, -0.2) is 44.0 Å². The molecule has 0 spiro atoms.